The molecule has 0 aliphatic rings. The van der Waals surface area contributed by atoms with Crippen LogP contribution in [-0.2, 0) is 11.3 Å². The molecule has 1 aromatic carbocycles. The number of nitrogens with zero attached hydrogens (tertiary/aromatic N) is 2. The number of amides is 1. The number of rotatable bonds is 3. The second-order valence-corrected chi connectivity index (χ2v) is 4.61. The van der Waals surface area contributed by atoms with E-state index < -0.39 is 0 Å². The number of nitrogens with two attached hydrogens (primary N) is 1. The highest BCUT2D eigenvalue weighted by Crippen LogP contribution is 2.19. The van der Waals surface area contributed by atoms with Gasteiger partial charge in [-0.15, -0.1) is 0 Å². The predicted octanol–water partition coefficient (Wildman–Crippen LogP) is 1.08. The van der Waals surface area contributed by atoms with Crippen molar-refractivity contribution in [3.05, 3.63) is 51.9 Å². The molecule has 1 amide bonds. The summed E-state index contributed by atoms with van der Waals surface area (Å²) >= 11 is 0. The monoisotopic (exact) mass is 272 g/mol. The number of aryl methyl sites for hydroxylation is 2. The molecule has 20 heavy (non-hydrogen) atoms. The summed E-state index contributed by atoms with van der Waals surface area (Å²) in [7, 11) is 0. The van der Waals surface area contributed by atoms with Gasteiger partial charge in [0.1, 0.15) is 6.54 Å². The minimum atomic E-state index is -0.347. The maximum Gasteiger partial charge on any atom is 0.267 e. The van der Waals surface area contributed by atoms with Gasteiger partial charge >= 0.3 is 0 Å². The second kappa shape index (κ2) is 5.56. The smallest absolute Gasteiger partial charge is 0.267 e. The first kappa shape index (κ1) is 13.8. The van der Waals surface area contributed by atoms with Gasteiger partial charge in [0.05, 0.1) is 17.1 Å². The molecule has 0 aliphatic heterocycles. The van der Waals surface area contributed by atoms with Crippen molar-refractivity contribution in [2.75, 3.05) is 11.1 Å². The first-order chi connectivity index (χ1) is 9.45. The molecule has 6 heteroatoms. The van der Waals surface area contributed by atoms with E-state index in [-0.39, 0.29) is 18.0 Å². The van der Waals surface area contributed by atoms with E-state index in [1.807, 2.05) is 13.0 Å². The van der Waals surface area contributed by atoms with Gasteiger partial charge in [-0.2, -0.15) is 5.10 Å². The summed E-state index contributed by atoms with van der Waals surface area (Å²) in [5.74, 6) is -0.347. The lowest BCUT2D eigenvalue weighted by Gasteiger charge is -2.09. The van der Waals surface area contributed by atoms with E-state index in [9.17, 15) is 9.59 Å². The van der Waals surface area contributed by atoms with Crippen molar-refractivity contribution in [1.82, 2.24) is 9.78 Å². The molecule has 2 rings (SSSR count). The maximum atomic E-state index is 11.9. The zero-order valence-corrected chi connectivity index (χ0v) is 11.4. The molecular formula is C14H16N4O2. The van der Waals surface area contributed by atoms with E-state index in [1.54, 1.807) is 25.1 Å². The van der Waals surface area contributed by atoms with Crippen LogP contribution >= 0.6 is 0 Å². The van der Waals surface area contributed by atoms with Crippen molar-refractivity contribution in [2.24, 2.45) is 0 Å². The van der Waals surface area contributed by atoms with Crippen LogP contribution in [0.25, 0.3) is 0 Å². The Hall–Kier alpha value is -2.63. The molecule has 0 bridgehead atoms. The Morgan fingerprint density at radius 3 is 2.75 bits per heavy atom. The SMILES string of the molecule is Cc1ccc(NC(=O)Cn2nc(C)ccc2=O)c(N)c1. The Balaban J connectivity index is 2.13. The Labute approximate surface area is 116 Å². The van der Waals surface area contributed by atoms with Crippen LogP contribution in [0.3, 0.4) is 0 Å². The number of benzene rings is 1. The Morgan fingerprint density at radius 1 is 1.30 bits per heavy atom. The first-order valence-electron chi connectivity index (χ1n) is 6.16. The third-order valence-corrected chi connectivity index (χ3v) is 2.77. The Morgan fingerprint density at radius 2 is 2.05 bits per heavy atom. The van der Waals surface area contributed by atoms with E-state index in [1.165, 1.54) is 6.07 Å². The summed E-state index contributed by atoms with van der Waals surface area (Å²) < 4.78 is 1.12. The molecule has 0 aliphatic carbocycles. The largest absolute Gasteiger partial charge is 0.397 e. The maximum absolute atomic E-state index is 11.9. The molecule has 0 unspecified atom stereocenters. The number of carbonyl (C=O) groups excluding carboxylic acids is 1. The third-order valence-electron chi connectivity index (χ3n) is 2.77. The second-order valence-electron chi connectivity index (χ2n) is 4.61. The summed E-state index contributed by atoms with van der Waals surface area (Å²) in [5.41, 5.74) is 8.20. The third kappa shape index (κ3) is 3.23. The van der Waals surface area contributed by atoms with Gasteiger partial charge in [-0.3, -0.25) is 9.59 Å². The van der Waals surface area contributed by atoms with Gasteiger partial charge in [0.15, 0.2) is 0 Å². The van der Waals surface area contributed by atoms with Gasteiger partial charge < -0.3 is 11.1 Å². The number of aromatic nitrogens is 2. The fourth-order valence-electron chi connectivity index (χ4n) is 1.79. The van der Waals surface area contributed by atoms with Gasteiger partial charge in [-0.25, -0.2) is 4.68 Å². The van der Waals surface area contributed by atoms with E-state index >= 15 is 0 Å². The zero-order valence-electron chi connectivity index (χ0n) is 11.4. The normalized spacial score (nSPS) is 10.3. The summed E-state index contributed by atoms with van der Waals surface area (Å²) in [6.45, 7) is 3.53. The summed E-state index contributed by atoms with van der Waals surface area (Å²) in [4.78, 5) is 23.5. The fraction of sp³-hybridized carbons (Fsp3) is 0.214. The van der Waals surface area contributed by atoms with Gasteiger partial charge in [0.25, 0.3) is 5.56 Å². The molecule has 0 saturated heterocycles. The molecule has 0 saturated carbocycles. The highest BCUT2D eigenvalue weighted by Gasteiger charge is 2.08. The van der Waals surface area contributed by atoms with Crippen molar-refractivity contribution in [3.8, 4) is 0 Å². The molecule has 1 aromatic heterocycles. The Kier molecular flexibility index (Phi) is 3.84. The molecule has 6 nitrogen and oxygen atoms in total. The molecule has 0 fully saturated rings. The predicted molar refractivity (Wildman–Crippen MR) is 77.5 cm³/mol. The van der Waals surface area contributed by atoms with Crippen LogP contribution in [-0.4, -0.2) is 15.7 Å². The highest BCUT2D eigenvalue weighted by atomic mass is 16.2. The van der Waals surface area contributed by atoms with Crippen LogP contribution in [0, 0.1) is 13.8 Å². The quantitative estimate of drug-likeness (QED) is 0.818. The van der Waals surface area contributed by atoms with Crippen LogP contribution in [0.1, 0.15) is 11.3 Å². The van der Waals surface area contributed by atoms with Crippen LogP contribution in [0.4, 0.5) is 11.4 Å². The molecule has 0 spiro atoms. The van der Waals surface area contributed by atoms with Gasteiger partial charge in [-0.1, -0.05) is 6.07 Å². The number of carbonyl (C=O) groups is 1. The van der Waals surface area contributed by atoms with Crippen molar-refractivity contribution in [3.63, 3.8) is 0 Å². The average molecular weight is 272 g/mol. The van der Waals surface area contributed by atoms with Gasteiger partial charge in [0.2, 0.25) is 5.91 Å². The minimum Gasteiger partial charge on any atom is -0.397 e. The van der Waals surface area contributed by atoms with Gasteiger partial charge in [-0.05, 0) is 37.6 Å². The van der Waals surface area contributed by atoms with Crippen LogP contribution < -0.4 is 16.6 Å². The standard InChI is InChI=1S/C14H16N4O2/c1-9-3-5-12(11(15)7-9)16-13(19)8-18-14(20)6-4-10(2)17-18/h3-7H,8,15H2,1-2H3,(H,16,19). The summed E-state index contributed by atoms with van der Waals surface area (Å²) in [5, 5.41) is 6.67. The number of nitrogens with one attached hydrogen (secondary N) is 1. The summed E-state index contributed by atoms with van der Waals surface area (Å²) in [6.07, 6.45) is 0. The van der Waals surface area contributed by atoms with Crippen LogP contribution in [0.2, 0.25) is 0 Å². The van der Waals surface area contributed by atoms with Crippen LogP contribution in [0.15, 0.2) is 35.1 Å². The number of hydrogen-bond donors (Lipinski definition) is 2. The highest BCUT2D eigenvalue weighted by molar-refractivity contribution is 5.93. The van der Waals surface area contributed by atoms with Crippen molar-refractivity contribution in [2.45, 2.75) is 20.4 Å². The molecule has 2 aromatic rings. The number of nitrogen functional groups attached to an aromatic ring is 1. The van der Waals surface area contributed by atoms with Crippen LogP contribution in [0.5, 0.6) is 0 Å². The topological polar surface area (TPSA) is 90.0 Å². The minimum absolute atomic E-state index is 0.145. The number of anilines is 2. The first-order valence-corrected chi connectivity index (χ1v) is 6.16. The zero-order chi connectivity index (χ0) is 14.7. The van der Waals surface area contributed by atoms with E-state index in [0.29, 0.717) is 17.1 Å². The van der Waals surface area contributed by atoms with Crippen molar-refractivity contribution >= 4 is 17.3 Å². The van der Waals surface area contributed by atoms with E-state index in [2.05, 4.69) is 10.4 Å². The molecule has 3 N–H and O–H groups in total. The summed E-state index contributed by atoms with van der Waals surface area (Å²) in [6, 6.07) is 8.34. The molecule has 1 heterocycles. The molecular weight excluding hydrogens is 256 g/mol. The Bertz CT molecular complexity index is 707. The number of hydrogen-bond acceptors (Lipinski definition) is 4. The molecule has 0 radical (unpaired) electrons. The van der Waals surface area contributed by atoms with E-state index in [4.69, 9.17) is 5.73 Å². The van der Waals surface area contributed by atoms with Gasteiger partial charge in [0, 0.05) is 6.07 Å². The molecule has 0 atom stereocenters. The lowest BCUT2D eigenvalue weighted by molar-refractivity contribution is -0.117. The average Bonchev–Trinajstić information content (AvgIpc) is 2.37. The van der Waals surface area contributed by atoms with E-state index in [0.717, 1.165) is 10.2 Å². The fourth-order valence-corrected chi connectivity index (χ4v) is 1.79. The lowest BCUT2D eigenvalue weighted by Crippen LogP contribution is -2.29. The molecule has 104 valence electrons. The van der Waals surface area contributed by atoms with Crippen molar-refractivity contribution in [1.29, 1.82) is 0 Å². The lowest BCUT2D eigenvalue weighted by atomic mass is 10.2. The van der Waals surface area contributed by atoms with Crippen molar-refractivity contribution < 1.29 is 4.79 Å².